The molecule has 1 aromatic heterocycles. The zero-order valence-corrected chi connectivity index (χ0v) is 11.6. The van der Waals surface area contributed by atoms with Crippen molar-refractivity contribution in [3.8, 4) is 0 Å². The van der Waals surface area contributed by atoms with Crippen LogP contribution in [0.4, 0.5) is 9.52 Å². The molecule has 0 aliphatic heterocycles. The molecule has 2 aromatic rings. The van der Waals surface area contributed by atoms with Gasteiger partial charge in [-0.3, -0.25) is 14.9 Å². The zero-order valence-electron chi connectivity index (χ0n) is 10.7. The monoisotopic (exact) mass is 306 g/mol. The van der Waals surface area contributed by atoms with Crippen LogP contribution in [0.1, 0.15) is 11.3 Å². The summed E-state index contributed by atoms with van der Waals surface area (Å²) in [6.45, 7) is 0. The number of nitrogens with one attached hydrogen (secondary N) is 1. The molecule has 21 heavy (non-hydrogen) atoms. The van der Waals surface area contributed by atoms with Crippen molar-refractivity contribution < 1.29 is 19.1 Å². The van der Waals surface area contributed by atoms with E-state index in [2.05, 4.69) is 10.3 Å². The number of anilines is 1. The topological polar surface area (TPSA) is 79.3 Å². The lowest BCUT2D eigenvalue weighted by Crippen LogP contribution is -2.08. The number of carbonyl (C=O) groups is 2. The van der Waals surface area contributed by atoms with E-state index < -0.39 is 11.9 Å². The molecule has 0 radical (unpaired) electrons. The highest BCUT2D eigenvalue weighted by atomic mass is 32.1. The molecule has 2 N–H and O–H groups in total. The minimum Gasteiger partial charge on any atom is -0.481 e. The fourth-order valence-electron chi connectivity index (χ4n) is 1.53. The Kier molecular flexibility index (Phi) is 4.78. The van der Waals surface area contributed by atoms with Crippen molar-refractivity contribution in [3.05, 3.63) is 52.8 Å². The number of hydrogen-bond acceptors (Lipinski definition) is 4. The van der Waals surface area contributed by atoms with Crippen molar-refractivity contribution in [1.29, 1.82) is 0 Å². The predicted octanol–water partition coefficient (Wildman–Crippen LogP) is 2.56. The molecule has 1 heterocycles. The maximum Gasteiger partial charge on any atom is 0.309 e. The van der Waals surface area contributed by atoms with E-state index in [0.29, 0.717) is 16.4 Å². The van der Waals surface area contributed by atoms with E-state index in [0.717, 1.165) is 11.3 Å². The molecule has 0 saturated carbocycles. The molecular formula is C14H11FN2O3S. The summed E-state index contributed by atoms with van der Waals surface area (Å²) in [5, 5.41) is 13.0. The van der Waals surface area contributed by atoms with Crippen molar-refractivity contribution in [3.63, 3.8) is 0 Å². The number of halogens is 1. The molecule has 5 nitrogen and oxygen atoms in total. The largest absolute Gasteiger partial charge is 0.481 e. The Balaban J connectivity index is 1.95. The number of carboxylic acids is 1. The predicted molar refractivity (Wildman–Crippen MR) is 77.5 cm³/mol. The summed E-state index contributed by atoms with van der Waals surface area (Å²) in [5.41, 5.74) is 0.952. The standard InChI is InChI=1S/C14H11FN2O3S/c15-10-3-1-2-9(6-10)4-5-12(18)17-14-16-11(8-21-14)7-13(19)20/h1-6,8H,7H2,(H,19,20)(H,16,17,18)/b5-4+. The van der Waals surface area contributed by atoms with Crippen molar-refractivity contribution in [1.82, 2.24) is 4.98 Å². The summed E-state index contributed by atoms with van der Waals surface area (Å²) in [4.78, 5) is 26.2. The van der Waals surface area contributed by atoms with Crippen molar-refractivity contribution in [2.45, 2.75) is 6.42 Å². The van der Waals surface area contributed by atoms with Crippen LogP contribution in [0.5, 0.6) is 0 Å². The van der Waals surface area contributed by atoms with Gasteiger partial charge in [0, 0.05) is 11.5 Å². The fourth-order valence-corrected chi connectivity index (χ4v) is 2.24. The smallest absolute Gasteiger partial charge is 0.309 e. The molecule has 0 fully saturated rings. The zero-order chi connectivity index (χ0) is 15.2. The van der Waals surface area contributed by atoms with Gasteiger partial charge < -0.3 is 5.11 Å². The van der Waals surface area contributed by atoms with Crippen LogP contribution >= 0.6 is 11.3 Å². The Hall–Kier alpha value is -2.54. The summed E-state index contributed by atoms with van der Waals surface area (Å²) < 4.78 is 13.0. The van der Waals surface area contributed by atoms with Crippen LogP contribution in [-0.2, 0) is 16.0 Å². The quantitative estimate of drug-likeness (QED) is 0.832. The molecule has 0 aliphatic rings. The lowest BCUT2D eigenvalue weighted by molar-refractivity contribution is -0.136. The molecule has 0 atom stereocenters. The highest BCUT2D eigenvalue weighted by Crippen LogP contribution is 2.16. The minimum atomic E-state index is -0.982. The number of carboxylic acid groups (broad SMARTS) is 1. The van der Waals surface area contributed by atoms with Gasteiger partial charge in [0.15, 0.2) is 5.13 Å². The first-order valence-electron chi connectivity index (χ1n) is 5.94. The van der Waals surface area contributed by atoms with Gasteiger partial charge >= 0.3 is 5.97 Å². The van der Waals surface area contributed by atoms with Gasteiger partial charge in [-0.05, 0) is 23.8 Å². The number of aromatic nitrogens is 1. The van der Waals surface area contributed by atoms with Crippen LogP contribution < -0.4 is 5.32 Å². The minimum absolute atomic E-state index is 0.189. The average Bonchev–Trinajstić information content (AvgIpc) is 2.83. The van der Waals surface area contributed by atoms with Crippen LogP contribution in [-0.4, -0.2) is 22.0 Å². The Morgan fingerprint density at radius 2 is 2.24 bits per heavy atom. The summed E-state index contributed by atoms with van der Waals surface area (Å²) in [6.07, 6.45) is 2.54. The van der Waals surface area contributed by atoms with Crippen LogP contribution in [0.2, 0.25) is 0 Å². The molecule has 7 heteroatoms. The van der Waals surface area contributed by atoms with Gasteiger partial charge in [-0.1, -0.05) is 12.1 Å². The third-order valence-electron chi connectivity index (χ3n) is 2.39. The molecule has 1 aromatic carbocycles. The first-order chi connectivity index (χ1) is 10.0. The van der Waals surface area contributed by atoms with Gasteiger partial charge in [0.1, 0.15) is 5.82 Å². The molecule has 2 rings (SSSR count). The third kappa shape index (κ3) is 4.81. The number of carbonyl (C=O) groups excluding carboxylic acids is 1. The number of nitrogens with zero attached hydrogens (tertiary/aromatic N) is 1. The third-order valence-corrected chi connectivity index (χ3v) is 3.20. The maximum absolute atomic E-state index is 13.0. The Bertz CT molecular complexity index is 697. The Morgan fingerprint density at radius 3 is 2.95 bits per heavy atom. The number of hydrogen-bond donors (Lipinski definition) is 2. The molecule has 0 saturated heterocycles. The number of rotatable bonds is 5. The van der Waals surface area contributed by atoms with Gasteiger partial charge in [0.25, 0.3) is 0 Å². The Morgan fingerprint density at radius 1 is 1.43 bits per heavy atom. The van der Waals surface area contributed by atoms with Gasteiger partial charge in [-0.15, -0.1) is 11.3 Å². The molecular weight excluding hydrogens is 295 g/mol. The van der Waals surface area contributed by atoms with Gasteiger partial charge in [-0.2, -0.15) is 0 Å². The van der Waals surface area contributed by atoms with Crippen LogP contribution in [0, 0.1) is 5.82 Å². The van der Waals surface area contributed by atoms with Crippen molar-refractivity contribution in [2.75, 3.05) is 5.32 Å². The average molecular weight is 306 g/mol. The van der Waals surface area contributed by atoms with E-state index in [9.17, 15) is 14.0 Å². The summed E-state index contributed by atoms with van der Waals surface area (Å²) in [6, 6.07) is 5.84. The van der Waals surface area contributed by atoms with E-state index in [1.54, 1.807) is 17.5 Å². The first kappa shape index (κ1) is 14.9. The van der Waals surface area contributed by atoms with Crippen molar-refractivity contribution >= 4 is 34.4 Å². The molecule has 0 spiro atoms. The van der Waals surface area contributed by atoms with E-state index >= 15 is 0 Å². The molecule has 108 valence electrons. The normalized spacial score (nSPS) is 10.7. The first-order valence-corrected chi connectivity index (χ1v) is 6.82. The van der Waals surface area contributed by atoms with Crippen LogP contribution in [0.25, 0.3) is 6.08 Å². The van der Waals surface area contributed by atoms with E-state index in [-0.39, 0.29) is 12.2 Å². The van der Waals surface area contributed by atoms with E-state index in [1.165, 1.54) is 24.3 Å². The van der Waals surface area contributed by atoms with Gasteiger partial charge in [0.05, 0.1) is 12.1 Å². The fraction of sp³-hybridized carbons (Fsp3) is 0.0714. The number of aliphatic carboxylic acids is 1. The number of thiazole rings is 1. The molecule has 0 unspecified atom stereocenters. The van der Waals surface area contributed by atoms with Crippen LogP contribution in [0.3, 0.4) is 0 Å². The Labute approximate surface area is 123 Å². The van der Waals surface area contributed by atoms with E-state index in [4.69, 9.17) is 5.11 Å². The summed E-state index contributed by atoms with van der Waals surface area (Å²) in [5.74, 6) is -1.78. The number of benzene rings is 1. The second-order valence-electron chi connectivity index (χ2n) is 4.09. The second kappa shape index (κ2) is 6.76. The number of amides is 1. The SMILES string of the molecule is O=C(O)Cc1csc(NC(=O)/C=C/c2cccc(F)c2)n1. The van der Waals surface area contributed by atoms with E-state index in [1.807, 2.05) is 0 Å². The molecule has 0 aliphatic carbocycles. The molecule has 1 amide bonds. The van der Waals surface area contributed by atoms with Crippen molar-refractivity contribution in [2.24, 2.45) is 0 Å². The highest BCUT2D eigenvalue weighted by molar-refractivity contribution is 7.14. The summed E-state index contributed by atoms with van der Waals surface area (Å²) >= 11 is 1.14. The van der Waals surface area contributed by atoms with Gasteiger partial charge in [0.2, 0.25) is 5.91 Å². The second-order valence-corrected chi connectivity index (χ2v) is 4.95. The lowest BCUT2D eigenvalue weighted by Gasteiger charge is -1.96. The highest BCUT2D eigenvalue weighted by Gasteiger charge is 2.07. The van der Waals surface area contributed by atoms with Gasteiger partial charge in [-0.25, -0.2) is 9.37 Å². The molecule has 0 bridgehead atoms. The maximum atomic E-state index is 13.0. The summed E-state index contributed by atoms with van der Waals surface area (Å²) in [7, 11) is 0. The lowest BCUT2D eigenvalue weighted by atomic mass is 10.2. The van der Waals surface area contributed by atoms with Crippen LogP contribution in [0.15, 0.2) is 35.7 Å².